The van der Waals surface area contributed by atoms with Crippen molar-refractivity contribution in [1.29, 1.82) is 0 Å². The van der Waals surface area contributed by atoms with Gasteiger partial charge in [0.1, 0.15) is 22.6 Å². The van der Waals surface area contributed by atoms with Gasteiger partial charge in [0.25, 0.3) is 5.56 Å². The van der Waals surface area contributed by atoms with Gasteiger partial charge in [0.15, 0.2) is 5.82 Å². The summed E-state index contributed by atoms with van der Waals surface area (Å²) < 4.78 is 22.8. The lowest BCUT2D eigenvalue weighted by Crippen LogP contribution is -2.21. The van der Waals surface area contributed by atoms with E-state index in [-0.39, 0.29) is 11.4 Å². The zero-order valence-corrected chi connectivity index (χ0v) is 19.6. The molecule has 3 aromatic heterocycles. The molecule has 0 spiro atoms. The second-order valence-corrected chi connectivity index (χ2v) is 8.39. The lowest BCUT2D eigenvalue weighted by molar-refractivity contribution is 0.373. The predicted octanol–water partition coefficient (Wildman–Crippen LogP) is 3.35. The summed E-state index contributed by atoms with van der Waals surface area (Å²) in [7, 11) is 5.48. The van der Waals surface area contributed by atoms with Crippen molar-refractivity contribution in [2.45, 2.75) is 6.54 Å². The molecule has 9 nitrogen and oxygen atoms in total. The molecule has 0 radical (unpaired) electrons. The van der Waals surface area contributed by atoms with E-state index in [9.17, 15) is 9.18 Å². The number of hydrogen-bond donors (Lipinski definition) is 1. The Kier molecular flexibility index (Phi) is 5.87. The molecule has 5 aromatic rings. The largest absolute Gasteiger partial charge is 0.494 e. The summed E-state index contributed by atoms with van der Waals surface area (Å²) >= 11 is 0. The number of ether oxygens (including phenoxy) is 1. The van der Waals surface area contributed by atoms with E-state index in [0.29, 0.717) is 16.7 Å². The van der Waals surface area contributed by atoms with Crippen molar-refractivity contribution >= 4 is 11.0 Å². The van der Waals surface area contributed by atoms with Crippen LogP contribution in [0, 0.1) is 5.82 Å². The summed E-state index contributed by atoms with van der Waals surface area (Å²) in [5.41, 5.74) is 3.75. The van der Waals surface area contributed by atoms with Gasteiger partial charge in [-0.1, -0.05) is 30.3 Å². The Morgan fingerprint density at radius 2 is 1.86 bits per heavy atom. The number of para-hydroxylation sites is 1. The molecular weight excluding hydrogens is 449 g/mol. The first kappa shape index (κ1) is 22.5. The van der Waals surface area contributed by atoms with Gasteiger partial charge in [-0.15, -0.1) is 0 Å². The minimum Gasteiger partial charge on any atom is -0.494 e. The number of aromatic nitrogens is 6. The maximum atomic E-state index is 14.6. The highest BCUT2D eigenvalue weighted by atomic mass is 19.1. The fraction of sp³-hybridized carbons (Fsp3) is 0.200. The molecule has 0 fully saturated rings. The summed E-state index contributed by atoms with van der Waals surface area (Å²) in [5.74, 6) is -0.404. The number of H-pyrrole nitrogens is 1. The van der Waals surface area contributed by atoms with Crippen molar-refractivity contribution in [3.05, 3.63) is 77.1 Å². The zero-order chi connectivity index (χ0) is 24.5. The Morgan fingerprint density at radius 1 is 1.09 bits per heavy atom. The highest BCUT2D eigenvalue weighted by Crippen LogP contribution is 2.29. The van der Waals surface area contributed by atoms with Crippen LogP contribution in [0.3, 0.4) is 0 Å². The summed E-state index contributed by atoms with van der Waals surface area (Å²) in [6.07, 6.45) is 3.86. The van der Waals surface area contributed by atoms with E-state index in [1.54, 1.807) is 6.07 Å². The number of hydrogen-bond acceptors (Lipinski definition) is 6. The molecule has 5 rings (SSSR count). The van der Waals surface area contributed by atoms with E-state index < -0.39 is 11.4 Å². The van der Waals surface area contributed by atoms with Crippen LogP contribution in [-0.2, 0) is 6.54 Å². The molecule has 0 atom stereocenters. The second kappa shape index (κ2) is 9.15. The number of aromatic amines is 1. The van der Waals surface area contributed by atoms with Gasteiger partial charge < -0.3 is 9.64 Å². The topological polar surface area (TPSA) is 93.9 Å². The van der Waals surface area contributed by atoms with Crippen LogP contribution >= 0.6 is 0 Å². The van der Waals surface area contributed by atoms with Gasteiger partial charge >= 0.3 is 0 Å². The van der Waals surface area contributed by atoms with Crippen LogP contribution in [0.5, 0.6) is 5.75 Å². The molecule has 0 amide bonds. The SMILES string of the molecule is COc1cccc(F)c1-n1nc2c(-c3ccc(-c4cnn(CCN(C)C)c4)cc3)n[nH]c2cc1=O. The molecule has 3 heterocycles. The molecule has 1 N–H and O–H groups in total. The van der Waals surface area contributed by atoms with Crippen LogP contribution in [0.25, 0.3) is 39.1 Å². The number of likely N-dealkylation sites (N-methyl/N-ethyl adjacent to an activating group) is 1. The molecule has 0 bridgehead atoms. The van der Waals surface area contributed by atoms with Gasteiger partial charge in [-0.3, -0.25) is 14.6 Å². The number of benzene rings is 2. The minimum atomic E-state index is -0.612. The lowest BCUT2D eigenvalue weighted by atomic mass is 10.1. The van der Waals surface area contributed by atoms with Crippen LogP contribution in [0.2, 0.25) is 0 Å². The number of methoxy groups -OCH3 is 1. The maximum absolute atomic E-state index is 14.6. The fourth-order valence-electron chi connectivity index (χ4n) is 3.87. The van der Waals surface area contributed by atoms with Crippen molar-refractivity contribution in [3.63, 3.8) is 0 Å². The fourth-order valence-corrected chi connectivity index (χ4v) is 3.87. The van der Waals surface area contributed by atoms with Crippen LogP contribution in [0.4, 0.5) is 4.39 Å². The number of rotatable bonds is 7. The van der Waals surface area contributed by atoms with E-state index >= 15 is 0 Å². The van der Waals surface area contributed by atoms with Crippen molar-refractivity contribution in [1.82, 2.24) is 34.7 Å². The number of fused-ring (bicyclic) bond motifs is 1. The van der Waals surface area contributed by atoms with Gasteiger partial charge in [-0.05, 0) is 31.8 Å². The Labute approximate surface area is 200 Å². The first-order chi connectivity index (χ1) is 16.9. The highest BCUT2D eigenvalue weighted by Gasteiger charge is 2.18. The van der Waals surface area contributed by atoms with E-state index in [1.807, 2.05) is 55.4 Å². The molecule has 0 aliphatic rings. The van der Waals surface area contributed by atoms with Gasteiger partial charge in [0, 0.05) is 29.9 Å². The number of nitrogens with one attached hydrogen (secondary N) is 1. The first-order valence-electron chi connectivity index (χ1n) is 11.0. The average molecular weight is 474 g/mol. The van der Waals surface area contributed by atoms with Crippen LogP contribution in [0.1, 0.15) is 0 Å². The smallest absolute Gasteiger partial charge is 0.273 e. The minimum absolute atomic E-state index is 0.0457. The van der Waals surface area contributed by atoms with Crippen LogP contribution < -0.4 is 10.3 Å². The van der Waals surface area contributed by atoms with Gasteiger partial charge in [0.2, 0.25) is 0 Å². The monoisotopic (exact) mass is 473 g/mol. The third-order valence-corrected chi connectivity index (χ3v) is 5.73. The van der Waals surface area contributed by atoms with Gasteiger partial charge in [-0.2, -0.15) is 20.0 Å². The molecule has 0 aliphatic heterocycles. The Morgan fingerprint density at radius 3 is 2.60 bits per heavy atom. The van der Waals surface area contributed by atoms with Crippen molar-refractivity contribution in [2.24, 2.45) is 0 Å². The van der Waals surface area contributed by atoms with E-state index in [1.165, 1.54) is 25.3 Å². The molecule has 0 saturated carbocycles. The maximum Gasteiger partial charge on any atom is 0.273 e. The van der Waals surface area contributed by atoms with Crippen LogP contribution in [-0.4, -0.2) is 62.4 Å². The summed E-state index contributed by atoms with van der Waals surface area (Å²) in [6, 6.07) is 13.5. The molecule has 178 valence electrons. The molecular formula is C25H24FN7O2. The molecule has 0 unspecified atom stereocenters. The molecule has 0 aliphatic carbocycles. The number of nitrogens with zero attached hydrogens (tertiary/aromatic N) is 6. The Balaban J connectivity index is 1.50. The molecule has 10 heteroatoms. The van der Waals surface area contributed by atoms with E-state index in [0.717, 1.165) is 34.5 Å². The van der Waals surface area contributed by atoms with Gasteiger partial charge in [0.05, 0.1) is 25.4 Å². The predicted molar refractivity (Wildman–Crippen MR) is 131 cm³/mol. The summed E-state index contributed by atoms with van der Waals surface area (Å²) in [5, 5.41) is 16.1. The van der Waals surface area contributed by atoms with Crippen molar-refractivity contribution in [3.8, 4) is 33.8 Å². The standard InChI is InChI=1S/C25H24FN7O2/c1-31(2)11-12-32-15-18(14-27-32)16-7-9-17(10-8-16)23-24-20(28-29-23)13-22(34)33(30-24)25-19(26)5-4-6-21(25)35-3/h4-10,13-15,28H,11-12H2,1-3H3. The number of halogens is 1. The molecule has 35 heavy (non-hydrogen) atoms. The van der Waals surface area contributed by atoms with E-state index in [4.69, 9.17) is 4.74 Å². The Bertz CT molecular complexity index is 1550. The summed E-state index contributed by atoms with van der Waals surface area (Å²) in [6.45, 7) is 1.72. The second-order valence-electron chi connectivity index (χ2n) is 8.39. The highest BCUT2D eigenvalue weighted by molar-refractivity contribution is 5.89. The Hall–Kier alpha value is -4.31. The summed E-state index contributed by atoms with van der Waals surface area (Å²) in [4.78, 5) is 14.8. The van der Waals surface area contributed by atoms with E-state index in [2.05, 4.69) is 25.3 Å². The normalized spacial score (nSPS) is 11.5. The lowest BCUT2D eigenvalue weighted by Gasteiger charge is -2.10. The zero-order valence-electron chi connectivity index (χ0n) is 19.6. The third kappa shape index (κ3) is 4.31. The first-order valence-corrected chi connectivity index (χ1v) is 11.0. The molecule has 0 saturated heterocycles. The van der Waals surface area contributed by atoms with Crippen LogP contribution in [0.15, 0.2) is 65.7 Å². The average Bonchev–Trinajstić information content (AvgIpc) is 3.49. The van der Waals surface area contributed by atoms with Crippen molar-refractivity contribution < 1.29 is 9.13 Å². The van der Waals surface area contributed by atoms with Crippen molar-refractivity contribution in [2.75, 3.05) is 27.7 Å². The quantitative estimate of drug-likeness (QED) is 0.390. The van der Waals surface area contributed by atoms with Gasteiger partial charge in [-0.25, -0.2) is 4.39 Å². The third-order valence-electron chi connectivity index (χ3n) is 5.73. The molecule has 2 aromatic carbocycles.